The molecule has 4 heteroatoms. The first-order chi connectivity index (χ1) is 9.81. The molecule has 1 aliphatic heterocycles. The maximum absolute atomic E-state index is 12.2. The Balaban J connectivity index is 2.57. The minimum atomic E-state index is -0.237. The van der Waals surface area contributed by atoms with Crippen molar-refractivity contribution in [2.24, 2.45) is 5.84 Å². The Morgan fingerprint density at radius 1 is 1.52 bits per heavy atom. The van der Waals surface area contributed by atoms with Gasteiger partial charge in [0.2, 0.25) is 0 Å². The highest BCUT2D eigenvalue weighted by atomic mass is 16.2. The Morgan fingerprint density at radius 2 is 2.19 bits per heavy atom. The molecule has 1 aromatic carbocycles. The van der Waals surface area contributed by atoms with Gasteiger partial charge in [0.1, 0.15) is 6.04 Å². The number of hydrazine groups is 1. The van der Waals surface area contributed by atoms with E-state index >= 15 is 0 Å². The summed E-state index contributed by atoms with van der Waals surface area (Å²) in [6.45, 7) is 10.8. The summed E-state index contributed by atoms with van der Waals surface area (Å²) in [6.07, 6.45) is 1.76. The third kappa shape index (κ3) is 2.77. The highest BCUT2D eigenvalue weighted by Gasteiger charge is 2.41. The van der Waals surface area contributed by atoms with Gasteiger partial charge in [-0.2, -0.15) is 0 Å². The third-order valence-electron chi connectivity index (χ3n) is 4.57. The molecule has 0 aliphatic carbocycles. The molecule has 3 N–H and O–H groups in total. The van der Waals surface area contributed by atoms with Crippen LogP contribution < -0.4 is 16.2 Å². The molecule has 2 unspecified atom stereocenters. The molecule has 2 atom stereocenters. The van der Waals surface area contributed by atoms with Crippen LogP contribution in [-0.4, -0.2) is 17.5 Å². The van der Waals surface area contributed by atoms with Gasteiger partial charge >= 0.3 is 0 Å². The number of carbonyl (C=O) groups excluding carboxylic acids is 1. The van der Waals surface area contributed by atoms with Crippen LogP contribution in [0.1, 0.15) is 57.6 Å². The molecule has 0 fully saturated rings. The molecule has 21 heavy (non-hydrogen) atoms. The van der Waals surface area contributed by atoms with E-state index in [2.05, 4.69) is 56.2 Å². The lowest BCUT2D eigenvalue weighted by Crippen LogP contribution is -2.59. The smallest absolute Gasteiger partial charge is 0.256 e. The summed E-state index contributed by atoms with van der Waals surface area (Å²) in [4.78, 5) is 14.5. The van der Waals surface area contributed by atoms with Gasteiger partial charge in [-0.3, -0.25) is 10.2 Å². The number of fused-ring (bicyclic) bond motifs is 1. The topological polar surface area (TPSA) is 58.4 Å². The van der Waals surface area contributed by atoms with Gasteiger partial charge in [0.25, 0.3) is 5.91 Å². The molecule has 116 valence electrons. The van der Waals surface area contributed by atoms with Crippen molar-refractivity contribution >= 4 is 11.6 Å². The minimum absolute atomic E-state index is 0.0745. The highest BCUT2D eigenvalue weighted by molar-refractivity contribution is 5.86. The SMILES string of the molecule is CCC(C(=O)NN)N1c2ccc(C)cc2C(C)CC1(C)C. The van der Waals surface area contributed by atoms with E-state index in [1.807, 2.05) is 6.92 Å². The maximum atomic E-state index is 12.2. The number of benzene rings is 1. The van der Waals surface area contributed by atoms with Crippen LogP contribution in [0, 0.1) is 6.92 Å². The Morgan fingerprint density at radius 3 is 2.76 bits per heavy atom. The molecule has 4 nitrogen and oxygen atoms in total. The van der Waals surface area contributed by atoms with Crippen molar-refractivity contribution in [3.05, 3.63) is 29.3 Å². The second kappa shape index (κ2) is 5.68. The lowest BCUT2D eigenvalue weighted by atomic mass is 9.78. The summed E-state index contributed by atoms with van der Waals surface area (Å²) in [6, 6.07) is 6.27. The fourth-order valence-electron chi connectivity index (χ4n) is 3.74. The number of aryl methyl sites for hydroxylation is 1. The van der Waals surface area contributed by atoms with Crippen molar-refractivity contribution in [2.75, 3.05) is 4.90 Å². The zero-order chi connectivity index (χ0) is 15.8. The molecule has 0 saturated carbocycles. The standard InChI is InChI=1S/C17H27N3O/c1-6-14(16(21)19-18)20-15-8-7-11(2)9-13(15)12(3)10-17(20,4)5/h7-9,12,14H,6,10,18H2,1-5H3,(H,19,21). The van der Waals surface area contributed by atoms with Gasteiger partial charge in [-0.1, -0.05) is 31.5 Å². The predicted octanol–water partition coefficient (Wildman–Crippen LogP) is 2.86. The molecule has 1 heterocycles. The summed E-state index contributed by atoms with van der Waals surface area (Å²) < 4.78 is 0. The molecule has 0 radical (unpaired) electrons. The number of hydrogen-bond donors (Lipinski definition) is 2. The quantitative estimate of drug-likeness (QED) is 0.511. The van der Waals surface area contributed by atoms with Crippen molar-refractivity contribution in [1.29, 1.82) is 0 Å². The van der Waals surface area contributed by atoms with Crippen molar-refractivity contribution in [3.63, 3.8) is 0 Å². The molecule has 0 saturated heterocycles. The second-order valence-corrected chi connectivity index (χ2v) is 6.78. The van der Waals surface area contributed by atoms with Crippen LogP contribution in [0.3, 0.4) is 0 Å². The first kappa shape index (κ1) is 15.8. The van der Waals surface area contributed by atoms with Crippen LogP contribution >= 0.6 is 0 Å². The van der Waals surface area contributed by atoms with Gasteiger partial charge in [-0.25, -0.2) is 5.84 Å². The summed E-state index contributed by atoms with van der Waals surface area (Å²) in [7, 11) is 0. The number of nitrogens with one attached hydrogen (secondary N) is 1. The number of nitrogens with two attached hydrogens (primary N) is 1. The molecule has 0 aromatic heterocycles. The summed E-state index contributed by atoms with van der Waals surface area (Å²) >= 11 is 0. The maximum Gasteiger partial charge on any atom is 0.256 e. The van der Waals surface area contributed by atoms with E-state index < -0.39 is 0 Å². The van der Waals surface area contributed by atoms with Crippen molar-refractivity contribution in [2.45, 2.75) is 65.0 Å². The summed E-state index contributed by atoms with van der Waals surface area (Å²) in [5.74, 6) is 5.76. The summed E-state index contributed by atoms with van der Waals surface area (Å²) in [5, 5.41) is 0. The van der Waals surface area contributed by atoms with Gasteiger partial charge < -0.3 is 4.90 Å². The van der Waals surface area contributed by atoms with Crippen LogP contribution in [0.4, 0.5) is 5.69 Å². The fourth-order valence-corrected chi connectivity index (χ4v) is 3.74. The third-order valence-corrected chi connectivity index (χ3v) is 4.57. The van der Waals surface area contributed by atoms with E-state index in [4.69, 9.17) is 5.84 Å². The summed E-state index contributed by atoms with van der Waals surface area (Å²) in [5.41, 5.74) is 6.01. The molecule has 0 spiro atoms. The monoisotopic (exact) mass is 289 g/mol. The molecule has 1 amide bonds. The molecule has 2 rings (SSSR count). The van der Waals surface area contributed by atoms with Crippen LogP contribution in [0.2, 0.25) is 0 Å². The molecular formula is C17H27N3O. The van der Waals surface area contributed by atoms with Crippen LogP contribution in [0.5, 0.6) is 0 Å². The van der Waals surface area contributed by atoms with Gasteiger partial charge in [-0.15, -0.1) is 0 Å². The number of carbonyl (C=O) groups is 1. The predicted molar refractivity (Wildman–Crippen MR) is 87.2 cm³/mol. The van der Waals surface area contributed by atoms with Crippen LogP contribution in [0.25, 0.3) is 0 Å². The molecule has 0 bridgehead atoms. The van der Waals surface area contributed by atoms with Crippen LogP contribution in [-0.2, 0) is 4.79 Å². The molecule has 1 aromatic rings. The largest absolute Gasteiger partial charge is 0.354 e. The van der Waals surface area contributed by atoms with E-state index in [1.165, 1.54) is 16.8 Å². The number of rotatable bonds is 3. The number of anilines is 1. The Hall–Kier alpha value is -1.55. The number of nitrogens with zero attached hydrogens (tertiary/aromatic N) is 1. The van der Waals surface area contributed by atoms with Gasteiger partial charge in [0.05, 0.1) is 0 Å². The zero-order valence-corrected chi connectivity index (χ0v) is 13.7. The van der Waals surface area contributed by atoms with E-state index in [0.29, 0.717) is 5.92 Å². The van der Waals surface area contributed by atoms with Gasteiger partial charge in [0, 0.05) is 11.2 Å². The average Bonchev–Trinajstić information content (AvgIpc) is 2.42. The molecular weight excluding hydrogens is 262 g/mol. The van der Waals surface area contributed by atoms with E-state index in [1.54, 1.807) is 0 Å². The normalized spacial score (nSPS) is 21.6. The lowest BCUT2D eigenvalue weighted by molar-refractivity contribution is -0.122. The van der Waals surface area contributed by atoms with Crippen molar-refractivity contribution in [1.82, 2.24) is 5.43 Å². The van der Waals surface area contributed by atoms with Gasteiger partial charge in [-0.05, 0) is 51.2 Å². The lowest BCUT2D eigenvalue weighted by Gasteiger charge is -2.50. The second-order valence-electron chi connectivity index (χ2n) is 6.78. The Bertz CT molecular complexity index is 539. The Kier molecular flexibility index (Phi) is 4.28. The van der Waals surface area contributed by atoms with E-state index in [-0.39, 0.29) is 17.5 Å². The minimum Gasteiger partial charge on any atom is -0.354 e. The number of hydrogen-bond acceptors (Lipinski definition) is 3. The Labute approximate surface area is 127 Å². The van der Waals surface area contributed by atoms with Crippen LogP contribution in [0.15, 0.2) is 18.2 Å². The first-order valence-corrected chi connectivity index (χ1v) is 7.72. The zero-order valence-electron chi connectivity index (χ0n) is 13.7. The number of amides is 1. The van der Waals surface area contributed by atoms with Crippen molar-refractivity contribution < 1.29 is 4.79 Å². The fraction of sp³-hybridized carbons (Fsp3) is 0.588. The first-order valence-electron chi connectivity index (χ1n) is 7.72. The van der Waals surface area contributed by atoms with E-state index in [0.717, 1.165) is 12.8 Å². The van der Waals surface area contributed by atoms with Gasteiger partial charge in [0.15, 0.2) is 0 Å². The van der Waals surface area contributed by atoms with E-state index in [9.17, 15) is 4.79 Å². The average molecular weight is 289 g/mol. The molecule has 1 aliphatic rings. The highest BCUT2D eigenvalue weighted by Crippen LogP contribution is 2.45. The van der Waals surface area contributed by atoms with Crippen molar-refractivity contribution in [3.8, 4) is 0 Å².